The van der Waals surface area contributed by atoms with E-state index in [0.717, 1.165) is 25.4 Å². The molecule has 1 aliphatic rings. The lowest BCUT2D eigenvalue weighted by molar-refractivity contribution is -0.121. The van der Waals surface area contributed by atoms with Crippen molar-refractivity contribution in [3.05, 3.63) is 35.9 Å². The van der Waals surface area contributed by atoms with Crippen molar-refractivity contribution < 1.29 is 4.79 Å². The highest BCUT2D eigenvalue weighted by Crippen LogP contribution is 2.22. The maximum atomic E-state index is 12.0. The molecule has 1 fully saturated rings. The van der Waals surface area contributed by atoms with Gasteiger partial charge in [0.2, 0.25) is 5.91 Å². The zero-order valence-electron chi connectivity index (χ0n) is 13.7. The molecule has 1 aliphatic heterocycles. The summed E-state index contributed by atoms with van der Waals surface area (Å²) < 4.78 is 0. The number of nitrogens with one attached hydrogen (secondary N) is 2. The Morgan fingerprint density at radius 1 is 1.23 bits per heavy atom. The van der Waals surface area contributed by atoms with Gasteiger partial charge in [-0.1, -0.05) is 44.2 Å². The Kier molecular flexibility index (Phi) is 7.91. The highest BCUT2D eigenvalue weighted by Gasteiger charge is 2.21. The number of hydrogen-bond donors (Lipinski definition) is 2. The summed E-state index contributed by atoms with van der Waals surface area (Å²) in [6.45, 7) is 7.26. The molecule has 124 valence electrons. The van der Waals surface area contributed by atoms with Gasteiger partial charge in [-0.2, -0.15) is 0 Å². The zero-order valence-corrected chi connectivity index (χ0v) is 14.5. The highest BCUT2D eigenvalue weighted by molar-refractivity contribution is 5.85. The third kappa shape index (κ3) is 5.98. The third-order valence-electron chi connectivity index (χ3n) is 4.52. The van der Waals surface area contributed by atoms with Gasteiger partial charge in [-0.05, 0) is 43.8 Å². The second-order valence-corrected chi connectivity index (χ2v) is 6.76. The van der Waals surface area contributed by atoms with E-state index in [1.165, 1.54) is 18.4 Å². The van der Waals surface area contributed by atoms with Crippen LogP contribution in [0.1, 0.15) is 45.1 Å². The minimum Gasteiger partial charge on any atom is -0.355 e. The molecule has 0 spiro atoms. The third-order valence-corrected chi connectivity index (χ3v) is 4.52. The number of benzene rings is 1. The van der Waals surface area contributed by atoms with E-state index in [2.05, 4.69) is 48.7 Å². The van der Waals surface area contributed by atoms with Gasteiger partial charge in [0.25, 0.3) is 0 Å². The lowest BCUT2D eigenvalue weighted by Crippen LogP contribution is -2.37. The molecule has 0 atom stereocenters. The molecular formula is C18H29ClN2O. The average Bonchev–Trinajstić information content (AvgIpc) is 2.53. The van der Waals surface area contributed by atoms with E-state index in [4.69, 9.17) is 0 Å². The molecule has 0 aromatic heterocycles. The first kappa shape index (κ1) is 19.0. The minimum atomic E-state index is -0.0221. The molecule has 1 aromatic rings. The van der Waals surface area contributed by atoms with Gasteiger partial charge in [0.15, 0.2) is 0 Å². The number of piperidine rings is 1. The second-order valence-electron chi connectivity index (χ2n) is 6.76. The van der Waals surface area contributed by atoms with Crippen LogP contribution in [-0.4, -0.2) is 25.5 Å². The number of amides is 1. The van der Waals surface area contributed by atoms with Gasteiger partial charge < -0.3 is 10.6 Å². The van der Waals surface area contributed by atoms with E-state index in [0.29, 0.717) is 13.0 Å². The first-order valence-electron chi connectivity index (χ1n) is 8.11. The van der Waals surface area contributed by atoms with Crippen molar-refractivity contribution in [1.29, 1.82) is 0 Å². The fraction of sp³-hybridized carbons (Fsp3) is 0.611. The van der Waals surface area contributed by atoms with Crippen LogP contribution >= 0.6 is 12.4 Å². The number of carbonyl (C=O) groups excluding carboxylic acids is 1. The van der Waals surface area contributed by atoms with E-state index < -0.39 is 0 Å². The quantitative estimate of drug-likeness (QED) is 0.843. The van der Waals surface area contributed by atoms with Gasteiger partial charge in [0.1, 0.15) is 0 Å². The van der Waals surface area contributed by atoms with Crippen LogP contribution in [0.2, 0.25) is 0 Å². The van der Waals surface area contributed by atoms with Crippen molar-refractivity contribution in [1.82, 2.24) is 10.6 Å². The molecule has 3 nitrogen and oxygen atoms in total. The number of carbonyl (C=O) groups is 1. The fourth-order valence-corrected chi connectivity index (χ4v) is 2.90. The van der Waals surface area contributed by atoms with E-state index in [9.17, 15) is 4.79 Å². The molecule has 0 bridgehead atoms. The molecule has 1 saturated heterocycles. The number of rotatable bonds is 6. The summed E-state index contributed by atoms with van der Waals surface area (Å²) in [5.41, 5.74) is 1.25. The van der Waals surface area contributed by atoms with Crippen LogP contribution < -0.4 is 10.6 Å². The average molecular weight is 325 g/mol. The summed E-state index contributed by atoms with van der Waals surface area (Å²) >= 11 is 0. The Morgan fingerprint density at radius 3 is 2.50 bits per heavy atom. The summed E-state index contributed by atoms with van der Waals surface area (Å²) in [4.78, 5) is 12.0. The summed E-state index contributed by atoms with van der Waals surface area (Å²) in [7, 11) is 0. The lowest BCUT2D eigenvalue weighted by Gasteiger charge is -2.26. The van der Waals surface area contributed by atoms with Crippen molar-refractivity contribution >= 4 is 18.3 Å². The molecule has 0 radical (unpaired) electrons. The van der Waals surface area contributed by atoms with Crippen molar-refractivity contribution in [2.75, 3.05) is 19.6 Å². The molecule has 0 saturated carbocycles. The predicted octanol–water partition coefficient (Wildman–Crippen LogP) is 3.28. The van der Waals surface area contributed by atoms with Crippen molar-refractivity contribution in [2.24, 2.45) is 5.92 Å². The molecule has 1 amide bonds. The SMILES string of the molecule is CC(C)(CNC(=O)CCC1CCNCC1)c1ccccc1.Cl. The van der Waals surface area contributed by atoms with Gasteiger partial charge in [0, 0.05) is 18.4 Å². The summed E-state index contributed by atoms with van der Waals surface area (Å²) in [5.74, 6) is 0.914. The second kappa shape index (κ2) is 9.16. The summed E-state index contributed by atoms with van der Waals surface area (Å²) in [6.07, 6.45) is 4.11. The van der Waals surface area contributed by atoms with E-state index >= 15 is 0 Å². The Bertz CT molecular complexity index is 442. The monoisotopic (exact) mass is 324 g/mol. The van der Waals surface area contributed by atoms with Crippen LogP contribution in [0.25, 0.3) is 0 Å². The van der Waals surface area contributed by atoms with Gasteiger partial charge in [-0.15, -0.1) is 12.4 Å². The van der Waals surface area contributed by atoms with Crippen LogP contribution in [0.15, 0.2) is 30.3 Å². The first-order chi connectivity index (χ1) is 10.1. The maximum Gasteiger partial charge on any atom is 0.220 e. The summed E-state index contributed by atoms with van der Waals surface area (Å²) in [5, 5.41) is 6.47. The predicted molar refractivity (Wildman–Crippen MR) is 94.6 cm³/mol. The van der Waals surface area contributed by atoms with Crippen molar-refractivity contribution in [3.63, 3.8) is 0 Å². The van der Waals surface area contributed by atoms with E-state index in [1.807, 2.05) is 6.07 Å². The smallest absolute Gasteiger partial charge is 0.220 e. The summed E-state index contributed by atoms with van der Waals surface area (Å²) in [6, 6.07) is 10.4. The van der Waals surface area contributed by atoms with E-state index in [1.54, 1.807) is 0 Å². The Morgan fingerprint density at radius 2 is 1.86 bits per heavy atom. The maximum absolute atomic E-state index is 12.0. The lowest BCUT2D eigenvalue weighted by atomic mass is 9.84. The van der Waals surface area contributed by atoms with Gasteiger partial charge in [-0.3, -0.25) is 4.79 Å². The molecule has 22 heavy (non-hydrogen) atoms. The molecule has 0 unspecified atom stereocenters. The Hall–Kier alpha value is -1.06. The fourth-order valence-electron chi connectivity index (χ4n) is 2.90. The minimum absolute atomic E-state index is 0. The van der Waals surface area contributed by atoms with Crippen LogP contribution in [0, 0.1) is 5.92 Å². The van der Waals surface area contributed by atoms with Gasteiger partial charge in [-0.25, -0.2) is 0 Å². The molecule has 2 rings (SSSR count). The molecule has 4 heteroatoms. The largest absolute Gasteiger partial charge is 0.355 e. The van der Waals surface area contributed by atoms with Crippen LogP contribution in [0.3, 0.4) is 0 Å². The number of halogens is 1. The topological polar surface area (TPSA) is 41.1 Å². The van der Waals surface area contributed by atoms with E-state index in [-0.39, 0.29) is 23.7 Å². The first-order valence-corrected chi connectivity index (χ1v) is 8.11. The molecule has 0 aliphatic carbocycles. The number of hydrogen-bond acceptors (Lipinski definition) is 2. The van der Waals surface area contributed by atoms with Crippen LogP contribution in [0.4, 0.5) is 0 Å². The highest BCUT2D eigenvalue weighted by atomic mass is 35.5. The molecular weight excluding hydrogens is 296 g/mol. The Labute approximate surface area is 140 Å². The zero-order chi connectivity index (χ0) is 15.1. The van der Waals surface area contributed by atoms with Crippen molar-refractivity contribution in [3.8, 4) is 0 Å². The molecule has 2 N–H and O–H groups in total. The molecule has 1 heterocycles. The Balaban J connectivity index is 0.00000242. The van der Waals surface area contributed by atoms with Crippen molar-refractivity contribution in [2.45, 2.75) is 44.9 Å². The van der Waals surface area contributed by atoms with Crippen LogP contribution in [-0.2, 0) is 10.2 Å². The normalized spacial score (nSPS) is 15.9. The van der Waals surface area contributed by atoms with Crippen LogP contribution in [0.5, 0.6) is 0 Å². The van der Waals surface area contributed by atoms with Gasteiger partial charge in [0.05, 0.1) is 0 Å². The molecule has 1 aromatic carbocycles. The standard InChI is InChI=1S/C18H28N2O.ClH/c1-18(2,16-6-4-3-5-7-16)14-20-17(21)9-8-15-10-12-19-13-11-15;/h3-7,15,19H,8-14H2,1-2H3,(H,20,21);1H. The van der Waals surface area contributed by atoms with Gasteiger partial charge >= 0.3 is 0 Å².